The second kappa shape index (κ2) is 4.86. The SMILES string of the molecule is O=C(O)c1ccc(S(=O)(=O)Nc2cc(Cl)ncn2)o1. The fourth-order valence-electron chi connectivity index (χ4n) is 1.16. The van der Waals surface area contributed by atoms with Crippen molar-refractivity contribution in [2.75, 3.05) is 4.72 Å². The summed E-state index contributed by atoms with van der Waals surface area (Å²) in [7, 11) is -4.07. The van der Waals surface area contributed by atoms with E-state index in [-0.39, 0.29) is 11.0 Å². The molecule has 0 aliphatic rings. The number of anilines is 1. The number of aromatic carboxylic acids is 1. The number of furan rings is 1. The molecule has 0 amide bonds. The van der Waals surface area contributed by atoms with Crippen LogP contribution in [0.2, 0.25) is 5.15 Å². The quantitative estimate of drug-likeness (QED) is 0.814. The number of nitrogens with one attached hydrogen (secondary N) is 1. The monoisotopic (exact) mass is 303 g/mol. The van der Waals surface area contributed by atoms with Gasteiger partial charge < -0.3 is 9.52 Å². The van der Waals surface area contributed by atoms with Crippen LogP contribution in [-0.4, -0.2) is 29.5 Å². The molecule has 2 N–H and O–H groups in total. The smallest absolute Gasteiger partial charge is 0.371 e. The standard InChI is InChI=1S/C9H6ClN3O5S/c10-6-3-7(12-4-11-6)13-19(16,17)8-2-1-5(18-8)9(14)15/h1-4H,(H,14,15)(H,11,12,13). The van der Waals surface area contributed by atoms with Crippen molar-refractivity contribution in [1.29, 1.82) is 0 Å². The van der Waals surface area contributed by atoms with E-state index >= 15 is 0 Å². The Kier molecular flexibility index (Phi) is 3.40. The second-order valence-corrected chi connectivity index (χ2v) is 5.26. The summed E-state index contributed by atoms with van der Waals surface area (Å²) in [6.45, 7) is 0. The fourth-order valence-corrected chi connectivity index (χ4v) is 2.24. The van der Waals surface area contributed by atoms with E-state index in [4.69, 9.17) is 16.7 Å². The Hall–Kier alpha value is -2.13. The molecule has 0 spiro atoms. The first-order valence-corrected chi connectivity index (χ1v) is 6.58. The van der Waals surface area contributed by atoms with Gasteiger partial charge in [0.25, 0.3) is 10.0 Å². The summed E-state index contributed by atoms with van der Waals surface area (Å²) in [5.74, 6) is -1.92. The predicted octanol–water partition coefficient (Wildman–Crippen LogP) is 1.22. The number of carboxylic acid groups (broad SMARTS) is 1. The first-order valence-electron chi connectivity index (χ1n) is 4.72. The molecule has 2 aromatic rings. The molecular weight excluding hydrogens is 298 g/mol. The molecule has 2 aromatic heterocycles. The zero-order valence-electron chi connectivity index (χ0n) is 9.07. The number of carboxylic acids is 1. The largest absolute Gasteiger partial charge is 0.475 e. The number of rotatable bonds is 4. The molecule has 0 unspecified atom stereocenters. The van der Waals surface area contributed by atoms with Gasteiger partial charge in [-0.3, -0.25) is 4.72 Å². The van der Waals surface area contributed by atoms with Crippen LogP contribution in [0.1, 0.15) is 10.6 Å². The van der Waals surface area contributed by atoms with Gasteiger partial charge in [-0.05, 0) is 12.1 Å². The number of halogens is 1. The average Bonchev–Trinajstić information content (AvgIpc) is 2.78. The van der Waals surface area contributed by atoms with E-state index in [1.165, 1.54) is 6.07 Å². The molecule has 8 nitrogen and oxygen atoms in total. The Morgan fingerprint density at radius 2 is 2.11 bits per heavy atom. The van der Waals surface area contributed by atoms with E-state index in [0.717, 1.165) is 18.5 Å². The van der Waals surface area contributed by atoms with Crippen LogP contribution in [0.15, 0.2) is 34.0 Å². The third kappa shape index (κ3) is 3.01. The predicted molar refractivity (Wildman–Crippen MR) is 63.5 cm³/mol. The summed E-state index contributed by atoms with van der Waals surface area (Å²) in [5, 5.41) is 8.16. The highest BCUT2D eigenvalue weighted by Crippen LogP contribution is 2.18. The Morgan fingerprint density at radius 3 is 2.68 bits per heavy atom. The molecular formula is C9H6ClN3O5S. The first-order chi connectivity index (χ1) is 8.88. The lowest BCUT2D eigenvalue weighted by atomic mass is 10.5. The van der Waals surface area contributed by atoms with Gasteiger partial charge in [-0.2, -0.15) is 8.42 Å². The van der Waals surface area contributed by atoms with Crippen molar-refractivity contribution in [2.45, 2.75) is 5.09 Å². The Labute approximate surface area is 112 Å². The van der Waals surface area contributed by atoms with E-state index in [0.29, 0.717) is 0 Å². The number of aromatic nitrogens is 2. The molecule has 0 aliphatic carbocycles. The normalized spacial score (nSPS) is 11.2. The van der Waals surface area contributed by atoms with Gasteiger partial charge in [0.15, 0.2) is 0 Å². The minimum atomic E-state index is -4.07. The number of sulfonamides is 1. The summed E-state index contributed by atoms with van der Waals surface area (Å²) in [6.07, 6.45) is 1.07. The van der Waals surface area contributed by atoms with Gasteiger partial charge in [0.1, 0.15) is 17.3 Å². The number of nitrogens with zero attached hydrogens (tertiary/aromatic N) is 2. The molecule has 2 heterocycles. The highest BCUT2D eigenvalue weighted by Gasteiger charge is 2.21. The summed E-state index contributed by atoms with van der Waals surface area (Å²) in [4.78, 5) is 17.8. The average molecular weight is 304 g/mol. The molecule has 0 bridgehead atoms. The van der Waals surface area contributed by atoms with E-state index in [2.05, 4.69) is 19.1 Å². The van der Waals surface area contributed by atoms with E-state index in [1.54, 1.807) is 0 Å². The Bertz CT molecular complexity index is 727. The molecule has 0 radical (unpaired) electrons. The highest BCUT2D eigenvalue weighted by molar-refractivity contribution is 7.92. The maximum Gasteiger partial charge on any atom is 0.371 e. The van der Waals surface area contributed by atoms with Crippen molar-refractivity contribution in [1.82, 2.24) is 9.97 Å². The fraction of sp³-hybridized carbons (Fsp3) is 0. The van der Waals surface area contributed by atoms with E-state index < -0.39 is 26.8 Å². The molecule has 0 saturated heterocycles. The second-order valence-electron chi connectivity index (χ2n) is 3.26. The number of carbonyl (C=O) groups is 1. The lowest BCUT2D eigenvalue weighted by Gasteiger charge is -2.04. The van der Waals surface area contributed by atoms with Crippen molar-refractivity contribution in [3.8, 4) is 0 Å². The van der Waals surface area contributed by atoms with Gasteiger partial charge in [-0.1, -0.05) is 11.6 Å². The van der Waals surface area contributed by atoms with Crippen molar-refractivity contribution in [3.05, 3.63) is 35.4 Å². The van der Waals surface area contributed by atoms with Gasteiger partial charge in [0.2, 0.25) is 10.9 Å². The maximum absolute atomic E-state index is 11.8. The molecule has 0 aromatic carbocycles. The first kappa shape index (κ1) is 13.3. The zero-order chi connectivity index (χ0) is 14.0. The lowest BCUT2D eigenvalue weighted by molar-refractivity contribution is 0.0656. The van der Waals surface area contributed by atoms with Gasteiger partial charge in [-0.15, -0.1) is 0 Å². The molecule has 100 valence electrons. The molecule has 0 saturated carbocycles. The van der Waals surface area contributed by atoms with Crippen LogP contribution in [0.3, 0.4) is 0 Å². The Morgan fingerprint density at radius 1 is 1.37 bits per heavy atom. The highest BCUT2D eigenvalue weighted by atomic mass is 35.5. The maximum atomic E-state index is 11.8. The van der Waals surface area contributed by atoms with E-state index in [9.17, 15) is 13.2 Å². The minimum absolute atomic E-state index is 0.0540. The third-order valence-electron chi connectivity index (χ3n) is 1.93. The van der Waals surface area contributed by atoms with Gasteiger partial charge >= 0.3 is 5.97 Å². The molecule has 2 rings (SSSR count). The Balaban J connectivity index is 2.29. The van der Waals surface area contributed by atoms with Crippen LogP contribution in [0.25, 0.3) is 0 Å². The van der Waals surface area contributed by atoms with Crippen LogP contribution in [0, 0.1) is 0 Å². The van der Waals surface area contributed by atoms with E-state index in [1.807, 2.05) is 0 Å². The van der Waals surface area contributed by atoms with Crippen LogP contribution in [-0.2, 0) is 10.0 Å². The van der Waals surface area contributed by atoms with Crippen molar-refractivity contribution >= 4 is 33.4 Å². The molecule has 0 fully saturated rings. The van der Waals surface area contributed by atoms with Crippen LogP contribution < -0.4 is 4.72 Å². The van der Waals surface area contributed by atoms with Crippen LogP contribution >= 0.6 is 11.6 Å². The molecule has 0 atom stereocenters. The topological polar surface area (TPSA) is 122 Å². The third-order valence-corrected chi connectivity index (χ3v) is 3.36. The molecule has 10 heteroatoms. The van der Waals surface area contributed by atoms with Crippen molar-refractivity contribution < 1.29 is 22.7 Å². The molecule has 0 aliphatic heterocycles. The molecule has 19 heavy (non-hydrogen) atoms. The summed E-state index contributed by atoms with van der Waals surface area (Å²) in [6, 6.07) is 3.25. The van der Waals surface area contributed by atoms with Gasteiger partial charge in [0, 0.05) is 6.07 Å². The van der Waals surface area contributed by atoms with Crippen LogP contribution in [0.4, 0.5) is 5.82 Å². The number of hydrogen-bond donors (Lipinski definition) is 2. The van der Waals surface area contributed by atoms with Gasteiger partial charge in [-0.25, -0.2) is 14.8 Å². The number of hydrogen-bond acceptors (Lipinski definition) is 6. The van der Waals surface area contributed by atoms with Crippen LogP contribution in [0.5, 0.6) is 0 Å². The summed E-state index contributed by atoms with van der Waals surface area (Å²) in [5.41, 5.74) is 0. The summed E-state index contributed by atoms with van der Waals surface area (Å²) < 4.78 is 30.5. The summed E-state index contributed by atoms with van der Waals surface area (Å²) >= 11 is 5.58. The van der Waals surface area contributed by atoms with Crippen molar-refractivity contribution in [2.24, 2.45) is 0 Å². The zero-order valence-corrected chi connectivity index (χ0v) is 10.6. The lowest BCUT2D eigenvalue weighted by Crippen LogP contribution is -2.13. The minimum Gasteiger partial charge on any atom is -0.475 e. The van der Waals surface area contributed by atoms with Crippen molar-refractivity contribution in [3.63, 3.8) is 0 Å². The van der Waals surface area contributed by atoms with Gasteiger partial charge in [0.05, 0.1) is 0 Å².